The number of ether oxygens (including phenoxy) is 1. The molecule has 0 radical (unpaired) electrons. The predicted molar refractivity (Wildman–Crippen MR) is 64.9 cm³/mol. The Balaban J connectivity index is 2.14. The summed E-state index contributed by atoms with van der Waals surface area (Å²) in [5.74, 6) is 0.601. The molecule has 0 aliphatic rings. The van der Waals surface area contributed by atoms with Gasteiger partial charge in [-0.15, -0.1) is 0 Å². The first-order valence-corrected chi connectivity index (χ1v) is 5.14. The van der Waals surface area contributed by atoms with Crippen molar-refractivity contribution in [3.8, 4) is 5.75 Å². The highest BCUT2D eigenvalue weighted by atomic mass is 16.5. The molecule has 1 aromatic heterocycles. The zero-order valence-electron chi connectivity index (χ0n) is 9.38. The van der Waals surface area contributed by atoms with Gasteiger partial charge in [0, 0.05) is 5.56 Å². The van der Waals surface area contributed by atoms with Crippen molar-refractivity contribution >= 4 is 11.9 Å². The van der Waals surface area contributed by atoms with E-state index in [0.29, 0.717) is 11.3 Å². The van der Waals surface area contributed by atoms with Crippen molar-refractivity contribution in [2.45, 2.75) is 0 Å². The van der Waals surface area contributed by atoms with E-state index < -0.39 is 0 Å². The molecular weight excluding hydrogens is 216 g/mol. The van der Waals surface area contributed by atoms with E-state index in [1.165, 1.54) is 6.08 Å². The van der Waals surface area contributed by atoms with Crippen LogP contribution in [-0.2, 0) is 0 Å². The maximum absolute atomic E-state index is 11.8. The molecule has 0 saturated heterocycles. The van der Waals surface area contributed by atoms with E-state index in [9.17, 15) is 4.79 Å². The Bertz CT molecular complexity index is 530. The third-order valence-electron chi connectivity index (χ3n) is 2.29. The van der Waals surface area contributed by atoms with Crippen molar-refractivity contribution in [1.82, 2.24) is 9.97 Å². The molecule has 0 saturated carbocycles. The number of allylic oxidation sites excluding steroid dienone is 1. The first-order chi connectivity index (χ1) is 8.29. The number of aromatic amines is 1. The molecule has 0 aliphatic carbocycles. The van der Waals surface area contributed by atoms with Gasteiger partial charge in [-0.05, 0) is 24.3 Å². The minimum absolute atomic E-state index is 0.0708. The van der Waals surface area contributed by atoms with Crippen LogP contribution in [0.2, 0.25) is 0 Å². The second kappa shape index (κ2) is 5.12. The van der Waals surface area contributed by atoms with Crippen molar-refractivity contribution in [2.75, 3.05) is 7.11 Å². The Morgan fingerprint density at radius 3 is 3.06 bits per heavy atom. The highest BCUT2D eigenvalue weighted by Gasteiger charge is 2.02. The largest absolute Gasteiger partial charge is 0.497 e. The minimum atomic E-state index is -0.0708. The number of carbonyl (C=O) groups is 1. The van der Waals surface area contributed by atoms with Gasteiger partial charge in [-0.1, -0.05) is 12.1 Å². The van der Waals surface area contributed by atoms with Gasteiger partial charge in [0.05, 0.1) is 25.3 Å². The third-order valence-corrected chi connectivity index (χ3v) is 2.29. The summed E-state index contributed by atoms with van der Waals surface area (Å²) >= 11 is 0. The maximum atomic E-state index is 11.8. The van der Waals surface area contributed by atoms with E-state index >= 15 is 0 Å². The van der Waals surface area contributed by atoms with Crippen LogP contribution in [-0.4, -0.2) is 22.9 Å². The molecule has 0 amide bonds. The highest BCUT2D eigenvalue weighted by molar-refractivity contribution is 6.06. The number of imidazole rings is 1. The second-order valence-electron chi connectivity index (χ2n) is 3.44. The van der Waals surface area contributed by atoms with Gasteiger partial charge >= 0.3 is 0 Å². The molecule has 1 N–H and O–H groups in total. The molecule has 0 aliphatic heterocycles. The zero-order chi connectivity index (χ0) is 12.1. The first-order valence-electron chi connectivity index (χ1n) is 5.14. The average Bonchev–Trinajstić information content (AvgIpc) is 2.89. The Morgan fingerprint density at radius 2 is 2.35 bits per heavy atom. The number of hydrogen-bond acceptors (Lipinski definition) is 3. The van der Waals surface area contributed by atoms with Crippen LogP contribution in [0.15, 0.2) is 42.9 Å². The fraction of sp³-hybridized carbons (Fsp3) is 0.0769. The lowest BCUT2D eigenvalue weighted by molar-refractivity contribution is 0.104. The van der Waals surface area contributed by atoms with E-state index in [4.69, 9.17) is 4.74 Å². The summed E-state index contributed by atoms with van der Waals surface area (Å²) in [5, 5.41) is 0. The molecular formula is C13H12N2O2. The smallest absolute Gasteiger partial charge is 0.186 e. The lowest BCUT2D eigenvalue weighted by atomic mass is 10.1. The van der Waals surface area contributed by atoms with Gasteiger partial charge in [0.15, 0.2) is 5.78 Å². The van der Waals surface area contributed by atoms with Crippen molar-refractivity contribution in [2.24, 2.45) is 0 Å². The number of aromatic nitrogens is 2. The summed E-state index contributed by atoms with van der Waals surface area (Å²) < 4.78 is 5.06. The van der Waals surface area contributed by atoms with Crippen LogP contribution in [0.1, 0.15) is 16.1 Å². The fourth-order valence-corrected chi connectivity index (χ4v) is 1.40. The van der Waals surface area contributed by atoms with Gasteiger partial charge in [0.25, 0.3) is 0 Å². The molecule has 4 heteroatoms. The predicted octanol–water partition coefficient (Wildman–Crippen LogP) is 2.31. The Labute approximate surface area is 99.0 Å². The van der Waals surface area contributed by atoms with Crippen LogP contribution in [0.5, 0.6) is 5.75 Å². The average molecular weight is 228 g/mol. The number of ketones is 1. The molecule has 2 rings (SSSR count). The van der Waals surface area contributed by atoms with Gasteiger partial charge in [0.1, 0.15) is 5.75 Å². The number of carbonyl (C=O) groups excluding carboxylic acids is 1. The van der Waals surface area contributed by atoms with Gasteiger partial charge in [-0.3, -0.25) is 4.79 Å². The van der Waals surface area contributed by atoms with E-state index in [1.807, 2.05) is 0 Å². The molecule has 0 unspecified atom stereocenters. The molecule has 86 valence electrons. The summed E-state index contributed by atoms with van der Waals surface area (Å²) in [6.45, 7) is 0. The molecule has 0 bridgehead atoms. The summed E-state index contributed by atoms with van der Waals surface area (Å²) in [7, 11) is 1.57. The Hall–Kier alpha value is -2.36. The molecule has 1 heterocycles. The quantitative estimate of drug-likeness (QED) is 0.645. The van der Waals surface area contributed by atoms with E-state index in [2.05, 4.69) is 9.97 Å². The molecule has 17 heavy (non-hydrogen) atoms. The molecule has 0 fully saturated rings. The third kappa shape index (κ3) is 2.81. The van der Waals surface area contributed by atoms with Crippen molar-refractivity contribution < 1.29 is 9.53 Å². The number of rotatable bonds is 4. The molecule has 0 spiro atoms. The van der Waals surface area contributed by atoms with Crippen molar-refractivity contribution in [1.29, 1.82) is 0 Å². The fourth-order valence-electron chi connectivity index (χ4n) is 1.40. The van der Waals surface area contributed by atoms with E-state index in [-0.39, 0.29) is 5.78 Å². The number of benzene rings is 1. The standard InChI is InChI=1S/C13H12N2O2/c1-17-12-4-2-3-10(7-12)13(16)6-5-11-8-14-9-15-11/h2-9H,1H3,(H,14,15)/b6-5+. The summed E-state index contributed by atoms with van der Waals surface area (Å²) in [4.78, 5) is 18.6. The monoisotopic (exact) mass is 228 g/mol. The number of H-pyrrole nitrogens is 1. The topological polar surface area (TPSA) is 55.0 Å². The van der Waals surface area contributed by atoms with Crippen LogP contribution < -0.4 is 4.74 Å². The van der Waals surface area contributed by atoms with Crippen LogP contribution in [0.3, 0.4) is 0 Å². The lowest BCUT2D eigenvalue weighted by Crippen LogP contribution is -1.94. The summed E-state index contributed by atoms with van der Waals surface area (Å²) in [5.41, 5.74) is 1.39. The van der Waals surface area contributed by atoms with Crippen molar-refractivity contribution in [3.63, 3.8) is 0 Å². The minimum Gasteiger partial charge on any atom is -0.497 e. The first kappa shape index (κ1) is 11.1. The normalized spacial score (nSPS) is 10.6. The van der Waals surface area contributed by atoms with Crippen LogP contribution in [0.4, 0.5) is 0 Å². The zero-order valence-corrected chi connectivity index (χ0v) is 9.38. The van der Waals surface area contributed by atoms with Gasteiger partial charge in [0.2, 0.25) is 0 Å². The van der Waals surface area contributed by atoms with E-state index in [0.717, 1.165) is 5.69 Å². The van der Waals surface area contributed by atoms with Crippen molar-refractivity contribution in [3.05, 3.63) is 54.1 Å². The summed E-state index contributed by atoms with van der Waals surface area (Å²) in [6.07, 6.45) is 6.40. The Morgan fingerprint density at radius 1 is 1.47 bits per heavy atom. The number of nitrogens with zero attached hydrogens (tertiary/aromatic N) is 1. The maximum Gasteiger partial charge on any atom is 0.186 e. The van der Waals surface area contributed by atoms with Gasteiger partial charge in [-0.25, -0.2) is 4.98 Å². The summed E-state index contributed by atoms with van der Waals surface area (Å²) in [6, 6.07) is 7.05. The molecule has 2 aromatic rings. The van der Waals surface area contributed by atoms with Gasteiger partial charge < -0.3 is 9.72 Å². The molecule has 1 aromatic carbocycles. The van der Waals surface area contributed by atoms with Crippen LogP contribution in [0.25, 0.3) is 6.08 Å². The number of nitrogens with one attached hydrogen (secondary N) is 1. The number of hydrogen-bond donors (Lipinski definition) is 1. The SMILES string of the molecule is COc1cccc(C(=O)/C=C/c2cnc[nH]2)c1. The Kier molecular flexibility index (Phi) is 3.35. The molecule has 4 nitrogen and oxygen atoms in total. The number of methoxy groups -OCH3 is 1. The van der Waals surface area contributed by atoms with Crippen LogP contribution >= 0.6 is 0 Å². The lowest BCUT2D eigenvalue weighted by Gasteiger charge is -2.00. The highest BCUT2D eigenvalue weighted by Crippen LogP contribution is 2.13. The van der Waals surface area contributed by atoms with Gasteiger partial charge in [-0.2, -0.15) is 0 Å². The molecule has 0 atom stereocenters. The van der Waals surface area contributed by atoms with Crippen LogP contribution in [0, 0.1) is 0 Å². The van der Waals surface area contributed by atoms with E-state index in [1.54, 1.807) is 50.0 Å². The second-order valence-corrected chi connectivity index (χ2v) is 3.44.